The lowest BCUT2D eigenvalue weighted by atomic mass is 9.85. The molecule has 2 fully saturated rings. The number of halogens is 2. The minimum Gasteiger partial charge on any atom is -0.380 e. The largest absolute Gasteiger partial charge is 0.380 e. The lowest BCUT2D eigenvalue weighted by Crippen LogP contribution is -2.45. The van der Waals surface area contributed by atoms with Crippen molar-refractivity contribution in [3.05, 3.63) is 83.0 Å². The molecule has 1 aliphatic carbocycles. The van der Waals surface area contributed by atoms with Gasteiger partial charge in [0.05, 0.1) is 16.8 Å². The molecule has 3 atom stereocenters. The first-order chi connectivity index (χ1) is 20.5. The molecule has 0 spiro atoms. The van der Waals surface area contributed by atoms with Crippen LogP contribution in [0.4, 0.5) is 20.7 Å². The SMILES string of the molecule is CO[C@@H]1C[C@H](C(=O)Nc2cc(C(CCC3CC3)(c3ccncc3)S(C)(=O)=O)ccc2F)N(C(=O)Nc2ccc(Cl)cn2)C1. The summed E-state index contributed by atoms with van der Waals surface area (Å²) in [7, 11) is -2.31. The summed E-state index contributed by atoms with van der Waals surface area (Å²) in [6, 6.07) is 8.83. The zero-order valence-corrected chi connectivity index (χ0v) is 25.4. The fraction of sp³-hybridized carbons (Fsp3) is 0.400. The Hall–Kier alpha value is -3.61. The maximum Gasteiger partial charge on any atom is 0.323 e. The van der Waals surface area contributed by atoms with Gasteiger partial charge in [-0.3, -0.25) is 15.1 Å². The molecule has 3 heterocycles. The van der Waals surface area contributed by atoms with Gasteiger partial charge in [0.2, 0.25) is 5.91 Å². The van der Waals surface area contributed by atoms with E-state index in [1.165, 1.54) is 55.1 Å². The molecule has 3 aromatic rings. The predicted molar refractivity (Wildman–Crippen MR) is 161 cm³/mol. The summed E-state index contributed by atoms with van der Waals surface area (Å²) in [5.41, 5.74) is 0.673. The molecule has 5 rings (SSSR count). The molecule has 0 radical (unpaired) electrons. The molecule has 3 amide bonds. The van der Waals surface area contributed by atoms with Crippen molar-refractivity contribution >= 4 is 44.9 Å². The second kappa shape index (κ2) is 12.6. The Labute approximate surface area is 254 Å². The van der Waals surface area contributed by atoms with Crippen LogP contribution in [-0.4, -0.2) is 67.3 Å². The smallest absolute Gasteiger partial charge is 0.323 e. The van der Waals surface area contributed by atoms with Gasteiger partial charge in [-0.25, -0.2) is 22.6 Å². The molecular formula is C30H33ClFN5O5S. The monoisotopic (exact) mass is 629 g/mol. The maximum atomic E-state index is 15.2. The second-order valence-electron chi connectivity index (χ2n) is 11.1. The Morgan fingerprint density at radius 2 is 1.86 bits per heavy atom. The summed E-state index contributed by atoms with van der Waals surface area (Å²) < 4.78 is 46.4. The zero-order valence-electron chi connectivity index (χ0n) is 23.8. The number of pyridine rings is 2. The number of carbonyl (C=O) groups excluding carboxylic acids is 2. The van der Waals surface area contributed by atoms with Gasteiger partial charge in [0, 0.05) is 44.9 Å². The zero-order chi connectivity index (χ0) is 30.8. The van der Waals surface area contributed by atoms with E-state index in [0.717, 1.165) is 18.9 Å². The van der Waals surface area contributed by atoms with Crippen LogP contribution in [0, 0.1) is 11.7 Å². The van der Waals surface area contributed by atoms with E-state index >= 15 is 4.39 Å². The average molecular weight is 630 g/mol. The predicted octanol–water partition coefficient (Wildman–Crippen LogP) is 5.01. The van der Waals surface area contributed by atoms with Crippen LogP contribution in [0.3, 0.4) is 0 Å². The third kappa shape index (κ3) is 6.66. The summed E-state index contributed by atoms with van der Waals surface area (Å²) in [6.07, 6.45) is 8.44. The quantitative estimate of drug-likeness (QED) is 0.322. The van der Waals surface area contributed by atoms with Crippen LogP contribution in [-0.2, 0) is 24.1 Å². The van der Waals surface area contributed by atoms with Crippen molar-refractivity contribution in [3.63, 3.8) is 0 Å². The first-order valence-electron chi connectivity index (χ1n) is 13.9. The lowest BCUT2D eigenvalue weighted by molar-refractivity contribution is -0.119. The number of carbonyl (C=O) groups is 2. The minimum atomic E-state index is -3.79. The summed E-state index contributed by atoms with van der Waals surface area (Å²) in [4.78, 5) is 36.1. The number of hydrogen-bond acceptors (Lipinski definition) is 7. The highest BCUT2D eigenvalue weighted by molar-refractivity contribution is 7.91. The van der Waals surface area contributed by atoms with Gasteiger partial charge in [-0.2, -0.15) is 0 Å². The van der Waals surface area contributed by atoms with Crippen LogP contribution in [0.25, 0.3) is 0 Å². The topological polar surface area (TPSA) is 131 Å². The van der Waals surface area contributed by atoms with Crippen LogP contribution in [0.5, 0.6) is 0 Å². The fourth-order valence-corrected chi connectivity index (χ4v) is 7.38. The summed E-state index contributed by atoms with van der Waals surface area (Å²) in [6.45, 7) is 0.122. The van der Waals surface area contributed by atoms with E-state index < -0.39 is 44.5 Å². The highest BCUT2D eigenvalue weighted by Crippen LogP contribution is 2.46. The van der Waals surface area contributed by atoms with Crippen LogP contribution in [0.15, 0.2) is 61.1 Å². The van der Waals surface area contributed by atoms with Crippen LogP contribution >= 0.6 is 11.6 Å². The lowest BCUT2D eigenvalue weighted by Gasteiger charge is -2.34. The molecule has 1 saturated heterocycles. The van der Waals surface area contributed by atoms with E-state index in [2.05, 4.69) is 20.6 Å². The average Bonchev–Trinajstić information content (AvgIpc) is 3.71. The van der Waals surface area contributed by atoms with Gasteiger partial charge >= 0.3 is 6.03 Å². The summed E-state index contributed by atoms with van der Waals surface area (Å²) in [5.74, 6) is -0.688. The van der Waals surface area contributed by atoms with Crippen molar-refractivity contribution in [2.45, 2.75) is 49.0 Å². The number of benzene rings is 1. The van der Waals surface area contributed by atoms with Crippen LogP contribution < -0.4 is 10.6 Å². The van der Waals surface area contributed by atoms with E-state index in [4.69, 9.17) is 16.3 Å². The number of urea groups is 1. The highest BCUT2D eigenvalue weighted by atomic mass is 35.5. The minimum absolute atomic E-state index is 0.122. The van der Waals surface area contributed by atoms with E-state index in [0.29, 0.717) is 34.9 Å². The molecule has 1 saturated carbocycles. The van der Waals surface area contributed by atoms with Crippen molar-refractivity contribution in [2.24, 2.45) is 5.92 Å². The summed E-state index contributed by atoms with van der Waals surface area (Å²) in [5, 5.41) is 5.66. The molecule has 0 bridgehead atoms. The third-order valence-corrected chi connectivity index (χ3v) is 10.4. The van der Waals surface area contributed by atoms with Gasteiger partial charge in [0.25, 0.3) is 0 Å². The molecule has 13 heteroatoms. The molecule has 1 aromatic carbocycles. The number of methoxy groups -OCH3 is 1. The molecule has 228 valence electrons. The molecule has 43 heavy (non-hydrogen) atoms. The number of amides is 3. The fourth-order valence-electron chi connectivity index (χ4n) is 5.66. The number of nitrogens with zero attached hydrogens (tertiary/aromatic N) is 3. The van der Waals surface area contributed by atoms with E-state index in [-0.39, 0.29) is 24.5 Å². The van der Waals surface area contributed by atoms with E-state index in [1.807, 2.05) is 0 Å². The Balaban J connectivity index is 1.45. The van der Waals surface area contributed by atoms with Crippen molar-refractivity contribution in [1.82, 2.24) is 14.9 Å². The molecule has 1 unspecified atom stereocenters. The number of nitrogens with one attached hydrogen (secondary N) is 2. The molecular weight excluding hydrogens is 597 g/mol. The first kappa shape index (κ1) is 30.8. The normalized spacial score (nSPS) is 20.0. The highest BCUT2D eigenvalue weighted by Gasteiger charge is 2.46. The third-order valence-electron chi connectivity index (χ3n) is 8.19. The number of hydrogen-bond donors (Lipinski definition) is 2. The standard InChI is InChI=1S/C30H33ClFN5O5S/c1-42-23-16-26(37(18-23)29(39)36-27-8-6-22(31)17-34-27)28(38)35-25-15-21(5-7-24(25)32)30(43(2,40)41,12-9-19-3-4-19)20-10-13-33-14-11-20/h5-8,10-11,13-15,17,19,23,26H,3-4,9,12,16,18H2,1-2H3,(H,35,38)(H,34,36,39)/t23-,26-,30?/m1/s1. The Morgan fingerprint density at radius 1 is 1.12 bits per heavy atom. The van der Waals surface area contributed by atoms with E-state index in [9.17, 15) is 18.0 Å². The molecule has 1 aliphatic heterocycles. The van der Waals surface area contributed by atoms with Crippen molar-refractivity contribution < 1.29 is 27.1 Å². The van der Waals surface area contributed by atoms with Crippen molar-refractivity contribution in [3.8, 4) is 0 Å². The molecule has 10 nitrogen and oxygen atoms in total. The number of ether oxygens (including phenoxy) is 1. The van der Waals surface area contributed by atoms with Gasteiger partial charge in [-0.1, -0.05) is 30.5 Å². The van der Waals surface area contributed by atoms with Gasteiger partial charge in [-0.15, -0.1) is 0 Å². The van der Waals surface area contributed by atoms with E-state index in [1.54, 1.807) is 18.2 Å². The van der Waals surface area contributed by atoms with Crippen LogP contribution in [0.1, 0.15) is 43.2 Å². The Bertz CT molecular complexity index is 1590. The van der Waals surface area contributed by atoms with Crippen LogP contribution in [0.2, 0.25) is 5.02 Å². The summed E-state index contributed by atoms with van der Waals surface area (Å²) >= 11 is 5.88. The molecule has 2 aromatic heterocycles. The van der Waals surface area contributed by atoms with Gasteiger partial charge < -0.3 is 15.0 Å². The number of rotatable bonds is 10. The maximum absolute atomic E-state index is 15.2. The van der Waals surface area contributed by atoms with Gasteiger partial charge in [-0.05, 0) is 66.3 Å². The molecule has 2 N–H and O–H groups in total. The van der Waals surface area contributed by atoms with Crippen molar-refractivity contribution in [2.75, 3.05) is 30.5 Å². The second-order valence-corrected chi connectivity index (χ2v) is 13.7. The van der Waals surface area contributed by atoms with Crippen molar-refractivity contribution in [1.29, 1.82) is 0 Å². The number of aromatic nitrogens is 2. The number of likely N-dealkylation sites (tertiary alicyclic amines) is 1. The first-order valence-corrected chi connectivity index (χ1v) is 16.2. The Morgan fingerprint density at radius 3 is 2.49 bits per heavy atom. The Kier molecular flexibility index (Phi) is 9.00. The van der Waals surface area contributed by atoms with Gasteiger partial charge in [0.15, 0.2) is 9.84 Å². The number of anilines is 2. The number of sulfone groups is 1. The van der Waals surface area contributed by atoms with Gasteiger partial charge in [0.1, 0.15) is 22.4 Å². The molecule has 2 aliphatic rings.